The highest BCUT2D eigenvalue weighted by molar-refractivity contribution is 9.10. The van der Waals surface area contributed by atoms with Gasteiger partial charge in [-0.25, -0.2) is 13.4 Å². The molecule has 1 amide bonds. The number of carbonyl (C=O) groups is 1. The molecule has 1 heterocycles. The number of anilines is 1. The average molecular weight is 405 g/mol. The molecule has 10 heteroatoms. The van der Waals surface area contributed by atoms with Gasteiger partial charge in [-0.05, 0) is 34.1 Å². The Hall–Kier alpha value is -2.07. The number of carbonyl (C=O) groups excluding carboxylic acids is 1. The maximum atomic E-state index is 14.9. The predicted octanol–water partition coefficient (Wildman–Crippen LogP) is 1.64. The zero-order valence-corrected chi connectivity index (χ0v) is 14.0. The Balaban J connectivity index is 2.35. The monoisotopic (exact) mass is 404 g/mol. The molecule has 0 aliphatic carbocycles. The van der Waals surface area contributed by atoms with E-state index in [2.05, 4.69) is 15.9 Å². The summed E-state index contributed by atoms with van der Waals surface area (Å²) in [5, 5.41) is 10.6. The van der Waals surface area contributed by atoms with E-state index in [1.54, 1.807) is 10.8 Å². The van der Waals surface area contributed by atoms with Crippen molar-refractivity contribution in [1.82, 2.24) is 4.72 Å². The molecule has 0 atom stereocenters. The van der Waals surface area contributed by atoms with Crippen LogP contribution in [-0.4, -0.2) is 33.1 Å². The maximum absolute atomic E-state index is 14.9. The minimum absolute atomic E-state index is 0.0403. The fraction of sp³-hybridized carbons (Fsp3) is 0.154. The molecule has 2 N–H and O–H groups in total. The summed E-state index contributed by atoms with van der Waals surface area (Å²) < 4.78 is 46.1. The lowest BCUT2D eigenvalue weighted by molar-refractivity contribution is -0.117. The number of methoxy groups -OCH3 is 1. The van der Waals surface area contributed by atoms with Crippen LogP contribution in [0, 0.1) is 5.82 Å². The number of nitrogens with one attached hydrogen (secondary N) is 1. The molecule has 0 saturated carbocycles. The summed E-state index contributed by atoms with van der Waals surface area (Å²) in [6.45, 7) is -0.616. The second-order valence-corrected chi connectivity index (χ2v) is 7.16. The number of phenols is 1. The molecule has 7 nitrogen and oxygen atoms in total. The molecule has 122 valence electrons. The van der Waals surface area contributed by atoms with Crippen molar-refractivity contribution in [2.45, 2.75) is 0 Å². The van der Waals surface area contributed by atoms with E-state index in [1.165, 1.54) is 19.2 Å². The van der Waals surface area contributed by atoms with Gasteiger partial charge in [0, 0.05) is 10.8 Å². The Morgan fingerprint density at radius 3 is 2.65 bits per heavy atom. The zero-order valence-electron chi connectivity index (χ0n) is 11.6. The fourth-order valence-electron chi connectivity index (χ4n) is 2.36. The van der Waals surface area contributed by atoms with Gasteiger partial charge in [0.25, 0.3) is 5.91 Å². The molecule has 2 aromatic carbocycles. The van der Waals surface area contributed by atoms with Crippen LogP contribution in [0.2, 0.25) is 0 Å². The van der Waals surface area contributed by atoms with Crippen LogP contribution in [0.3, 0.4) is 0 Å². The Bertz CT molecular complexity index is 947. The van der Waals surface area contributed by atoms with Crippen molar-refractivity contribution in [3.63, 3.8) is 0 Å². The van der Waals surface area contributed by atoms with Crippen LogP contribution in [0.5, 0.6) is 11.5 Å². The third-order valence-electron chi connectivity index (χ3n) is 3.41. The first-order valence-corrected chi connectivity index (χ1v) is 8.50. The molecule has 3 rings (SSSR count). The van der Waals surface area contributed by atoms with Gasteiger partial charge in [-0.3, -0.25) is 4.79 Å². The van der Waals surface area contributed by atoms with Crippen LogP contribution in [0.25, 0.3) is 10.8 Å². The van der Waals surface area contributed by atoms with E-state index in [-0.39, 0.29) is 9.86 Å². The highest BCUT2D eigenvalue weighted by atomic mass is 79.9. The van der Waals surface area contributed by atoms with E-state index < -0.39 is 39.9 Å². The number of amides is 1. The standard InChI is InChI=1S/C13H10BrFN2O5S/c1-22-6-2-3-7-8(4-6)11(15)12(13(19)10(7)14)17-5-9(18)16-23(17,20)21/h2-4,19H,5H2,1H3,(H,16,18). The number of nitrogens with zero attached hydrogens (tertiary/aromatic N) is 1. The number of fused-ring (bicyclic) bond motifs is 1. The van der Waals surface area contributed by atoms with Gasteiger partial charge in [0.2, 0.25) is 0 Å². The molecule has 0 radical (unpaired) electrons. The van der Waals surface area contributed by atoms with E-state index in [1.807, 2.05) is 0 Å². The summed E-state index contributed by atoms with van der Waals surface area (Å²) in [5.74, 6) is -2.04. The van der Waals surface area contributed by atoms with Crippen molar-refractivity contribution in [2.75, 3.05) is 18.0 Å². The SMILES string of the molecule is COc1ccc2c(Br)c(O)c(N3CC(=O)NS3(=O)=O)c(F)c2c1. The highest BCUT2D eigenvalue weighted by Gasteiger charge is 2.38. The van der Waals surface area contributed by atoms with Gasteiger partial charge in [0.15, 0.2) is 11.6 Å². The molecule has 0 unspecified atom stereocenters. The van der Waals surface area contributed by atoms with Crippen molar-refractivity contribution in [2.24, 2.45) is 0 Å². The average Bonchev–Trinajstić information content (AvgIpc) is 2.77. The number of hydrogen-bond acceptors (Lipinski definition) is 5. The van der Waals surface area contributed by atoms with Crippen molar-refractivity contribution in [3.05, 3.63) is 28.5 Å². The molecule has 0 aromatic heterocycles. The second kappa shape index (κ2) is 5.24. The minimum Gasteiger partial charge on any atom is -0.504 e. The lowest BCUT2D eigenvalue weighted by atomic mass is 10.1. The second-order valence-electron chi connectivity index (χ2n) is 4.77. The van der Waals surface area contributed by atoms with Crippen LogP contribution >= 0.6 is 15.9 Å². The van der Waals surface area contributed by atoms with Crippen molar-refractivity contribution < 1.29 is 27.4 Å². The molecule has 1 fully saturated rings. The van der Waals surface area contributed by atoms with Crippen molar-refractivity contribution >= 4 is 48.5 Å². The lowest BCUT2D eigenvalue weighted by Crippen LogP contribution is -2.30. The van der Waals surface area contributed by atoms with E-state index in [0.717, 1.165) is 0 Å². The first kappa shape index (κ1) is 15.8. The van der Waals surface area contributed by atoms with Gasteiger partial charge in [0.1, 0.15) is 18.0 Å². The third kappa shape index (κ3) is 2.38. The lowest BCUT2D eigenvalue weighted by Gasteiger charge is -2.19. The molecular formula is C13H10BrFN2O5S. The Kier molecular flexibility index (Phi) is 3.60. The Morgan fingerprint density at radius 2 is 2.09 bits per heavy atom. The summed E-state index contributed by atoms with van der Waals surface area (Å²) in [6.07, 6.45) is 0. The Morgan fingerprint density at radius 1 is 1.39 bits per heavy atom. The van der Waals surface area contributed by atoms with E-state index >= 15 is 0 Å². The molecule has 1 aliphatic rings. The number of ether oxygens (including phenoxy) is 1. The third-order valence-corrected chi connectivity index (χ3v) is 5.59. The minimum atomic E-state index is -4.25. The van der Waals surface area contributed by atoms with Crippen LogP contribution in [0.1, 0.15) is 0 Å². The van der Waals surface area contributed by atoms with Gasteiger partial charge < -0.3 is 9.84 Å². The van der Waals surface area contributed by atoms with Crippen molar-refractivity contribution in [1.29, 1.82) is 0 Å². The first-order valence-electron chi connectivity index (χ1n) is 6.27. The zero-order chi connectivity index (χ0) is 16.9. The van der Waals surface area contributed by atoms with Gasteiger partial charge in [0.05, 0.1) is 11.6 Å². The van der Waals surface area contributed by atoms with Gasteiger partial charge in [-0.2, -0.15) is 8.42 Å². The van der Waals surface area contributed by atoms with Gasteiger partial charge in [-0.15, -0.1) is 0 Å². The fourth-order valence-corrected chi connectivity index (χ4v) is 4.05. The normalized spacial score (nSPS) is 16.7. The quantitative estimate of drug-likeness (QED) is 0.792. The number of phenolic OH excluding ortho intramolecular Hbond substituents is 1. The summed E-state index contributed by atoms with van der Waals surface area (Å²) in [7, 11) is -2.85. The smallest absolute Gasteiger partial charge is 0.326 e. The van der Waals surface area contributed by atoms with Gasteiger partial charge >= 0.3 is 10.2 Å². The topological polar surface area (TPSA) is 95.9 Å². The van der Waals surface area contributed by atoms with E-state index in [9.17, 15) is 22.7 Å². The van der Waals surface area contributed by atoms with E-state index in [0.29, 0.717) is 15.4 Å². The first-order chi connectivity index (χ1) is 10.8. The number of benzene rings is 2. The van der Waals surface area contributed by atoms with Crippen molar-refractivity contribution in [3.8, 4) is 11.5 Å². The molecule has 2 aromatic rings. The predicted molar refractivity (Wildman–Crippen MR) is 84.2 cm³/mol. The van der Waals surface area contributed by atoms with E-state index in [4.69, 9.17) is 4.74 Å². The maximum Gasteiger partial charge on any atom is 0.326 e. The number of halogens is 2. The number of hydrogen-bond donors (Lipinski definition) is 2. The van der Waals surface area contributed by atoms with Gasteiger partial charge in [-0.1, -0.05) is 0 Å². The van der Waals surface area contributed by atoms with Crippen LogP contribution in [-0.2, 0) is 15.0 Å². The summed E-state index contributed by atoms with van der Waals surface area (Å²) >= 11 is 3.13. The Labute approximate surface area is 139 Å². The van der Waals surface area contributed by atoms with Crippen LogP contribution in [0.15, 0.2) is 22.7 Å². The molecule has 1 saturated heterocycles. The summed E-state index contributed by atoms with van der Waals surface area (Å²) in [5.41, 5.74) is -0.601. The molecule has 0 bridgehead atoms. The van der Waals surface area contributed by atoms with Crippen LogP contribution < -0.4 is 13.8 Å². The molecule has 23 heavy (non-hydrogen) atoms. The van der Waals surface area contributed by atoms with Crippen LogP contribution in [0.4, 0.5) is 10.1 Å². The molecule has 1 aliphatic heterocycles. The summed E-state index contributed by atoms with van der Waals surface area (Å²) in [4.78, 5) is 11.3. The summed E-state index contributed by atoms with van der Waals surface area (Å²) in [6, 6.07) is 4.46. The number of rotatable bonds is 2. The highest BCUT2D eigenvalue weighted by Crippen LogP contribution is 2.45. The molecule has 0 spiro atoms. The largest absolute Gasteiger partial charge is 0.504 e. The number of aromatic hydroxyl groups is 1. The molecular weight excluding hydrogens is 395 g/mol.